The van der Waals surface area contributed by atoms with E-state index in [0.29, 0.717) is 10.8 Å². The largest absolute Gasteiger partial charge is 0.191 e. The van der Waals surface area contributed by atoms with E-state index in [1.54, 1.807) is 12.1 Å². The Morgan fingerprint density at radius 2 is 2.00 bits per heavy atom. The summed E-state index contributed by atoms with van der Waals surface area (Å²) >= 11 is 10.1. The summed E-state index contributed by atoms with van der Waals surface area (Å²) in [5.74, 6) is 0.552. The van der Waals surface area contributed by atoms with Crippen LogP contribution in [0.3, 0.4) is 0 Å². The van der Waals surface area contributed by atoms with Gasteiger partial charge in [-0.15, -0.1) is 10.2 Å². The predicted molar refractivity (Wildman–Crippen MR) is 56.5 cm³/mol. The van der Waals surface area contributed by atoms with Crippen molar-refractivity contribution >= 4 is 24.2 Å². The van der Waals surface area contributed by atoms with Gasteiger partial charge in [0.2, 0.25) is 0 Å². The molecule has 1 aromatic carbocycles. The summed E-state index contributed by atoms with van der Waals surface area (Å²) in [6, 6.07) is 7.38. The molecule has 1 atom stereocenters. The minimum atomic E-state index is -0.175. The van der Waals surface area contributed by atoms with Crippen molar-refractivity contribution in [3.63, 3.8) is 0 Å². The van der Waals surface area contributed by atoms with Crippen molar-refractivity contribution in [2.75, 3.05) is 0 Å². The molecule has 1 N–H and O–H groups in total. The summed E-state index contributed by atoms with van der Waals surface area (Å²) in [4.78, 5) is 0. The summed E-state index contributed by atoms with van der Waals surface area (Å²) in [5.41, 5.74) is 0.985. The zero-order valence-corrected chi connectivity index (χ0v) is 8.70. The molecule has 2 rings (SSSR count). The lowest BCUT2D eigenvalue weighted by molar-refractivity contribution is 0.881. The summed E-state index contributed by atoms with van der Waals surface area (Å²) in [6.07, 6.45) is 0. The molecule has 4 nitrogen and oxygen atoms in total. The topological polar surface area (TPSA) is 54.5 Å². The molecule has 0 spiro atoms. The maximum absolute atomic E-state index is 5.77. The monoisotopic (exact) mass is 226 g/mol. The molecular formula is C8H7ClN4S. The average Bonchev–Trinajstić information content (AvgIpc) is 2.71. The van der Waals surface area contributed by atoms with Gasteiger partial charge in [-0.1, -0.05) is 28.9 Å². The van der Waals surface area contributed by atoms with Crippen molar-refractivity contribution in [2.45, 2.75) is 5.25 Å². The third-order valence-corrected chi connectivity index (χ3v) is 2.57. The van der Waals surface area contributed by atoms with Crippen molar-refractivity contribution < 1.29 is 0 Å². The predicted octanol–water partition coefficient (Wildman–Crippen LogP) is 1.87. The Morgan fingerprint density at radius 1 is 1.29 bits per heavy atom. The zero-order chi connectivity index (χ0) is 9.97. The first-order chi connectivity index (χ1) is 6.77. The van der Waals surface area contributed by atoms with Crippen molar-refractivity contribution in [3.8, 4) is 0 Å². The third-order valence-electron chi connectivity index (χ3n) is 1.79. The Hall–Kier alpha value is -1.07. The highest BCUT2D eigenvalue weighted by Crippen LogP contribution is 2.25. The Kier molecular flexibility index (Phi) is 2.69. The van der Waals surface area contributed by atoms with Crippen LogP contribution in [0.1, 0.15) is 16.6 Å². The van der Waals surface area contributed by atoms with Gasteiger partial charge in [0, 0.05) is 5.02 Å². The number of nitrogens with zero attached hydrogens (tertiary/aromatic N) is 3. The van der Waals surface area contributed by atoms with Crippen molar-refractivity contribution in [3.05, 3.63) is 40.7 Å². The molecule has 6 heteroatoms. The number of H-pyrrole nitrogens is 1. The lowest BCUT2D eigenvalue weighted by atomic mass is 10.1. The number of hydrogen-bond acceptors (Lipinski definition) is 4. The molecule has 1 heterocycles. The molecule has 0 radical (unpaired) electrons. The molecule has 72 valence electrons. The quantitative estimate of drug-likeness (QED) is 0.769. The molecule has 0 saturated carbocycles. The normalized spacial score (nSPS) is 12.7. The minimum Gasteiger partial charge on any atom is -0.177 e. The lowest BCUT2D eigenvalue weighted by Crippen LogP contribution is -1.95. The number of halogens is 1. The van der Waals surface area contributed by atoms with E-state index in [-0.39, 0.29) is 5.25 Å². The summed E-state index contributed by atoms with van der Waals surface area (Å²) in [5, 5.41) is 14.1. The second kappa shape index (κ2) is 3.98. The molecular weight excluding hydrogens is 220 g/mol. The highest BCUT2D eigenvalue weighted by Gasteiger charge is 2.13. The fraction of sp³-hybridized carbons (Fsp3) is 0.125. The molecule has 0 aliphatic rings. The molecule has 0 amide bonds. The first kappa shape index (κ1) is 9.48. The van der Waals surface area contributed by atoms with E-state index in [0.717, 1.165) is 5.56 Å². The van der Waals surface area contributed by atoms with Gasteiger partial charge in [0.1, 0.15) is 0 Å². The third kappa shape index (κ3) is 1.88. The van der Waals surface area contributed by atoms with Crippen LogP contribution in [0.4, 0.5) is 0 Å². The van der Waals surface area contributed by atoms with E-state index in [1.807, 2.05) is 12.1 Å². The van der Waals surface area contributed by atoms with Gasteiger partial charge in [0.25, 0.3) is 0 Å². The smallest absolute Gasteiger partial charge is 0.177 e. The zero-order valence-electron chi connectivity index (χ0n) is 7.05. The van der Waals surface area contributed by atoms with Gasteiger partial charge in [-0.3, -0.25) is 0 Å². The van der Waals surface area contributed by atoms with Crippen LogP contribution in [0.5, 0.6) is 0 Å². The van der Waals surface area contributed by atoms with Gasteiger partial charge >= 0.3 is 0 Å². The molecule has 1 unspecified atom stereocenters. The number of tetrazole rings is 1. The Bertz CT molecular complexity index is 400. The molecule has 0 saturated heterocycles. The number of hydrogen-bond donors (Lipinski definition) is 2. The first-order valence-electron chi connectivity index (χ1n) is 3.94. The minimum absolute atomic E-state index is 0.175. The SMILES string of the molecule is SC(c1ccc(Cl)cc1)c1nn[nH]n1. The molecule has 14 heavy (non-hydrogen) atoms. The fourth-order valence-corrected chi connectivity index (χ4v) is 1.49. The molecule has 0 bridgehead atoms. The Balaban J connectivity index is 2.28. The van der Waals surface area contributed by atoms with Gasteiger partial charge in [-0.25, -0.2) is 0 Å². The highest BCUT2D eigenvalue weighted by molar-refractivity contribution is 7.80. The number of aromatic amines is 1. The van der Waals surface area contributed by atoms with Gasteiger partial charge in [0.05, 0.1) is 5.25 Å². The van der Waals surface area contributed by atoms with Crippen molar-refractivity contribution in [1.29, 1.82) is 0 Å². The van der Waals surface area contributed by atoms with Crippen LogP contribution in [0.15, 0.2) is 24.3 Å². The number of nitrogens with one attached hydrogen (secondary N) is 1. The standard InChI is InChI=1S/C8H7ClN4S/c9-6-3-1-5(2-4-6)7(14)8-10-12-13-11-8/h1-4,7,14H,(H,10,11,12,13). The summed E-state index contributed by atoms with van der Waals surface area (Å²) in [7, 11) is 0. The van der Waals surface area contributed by atoms with E-state index in [2.05, 4.69) is 33.3 Å². The van der Waals surface area contributed by atoms with E-state index < -0.39 is 0 Å². The molecule has 0 aliphatic heterocycles. The molecule has 0 fully saturated rings. The van der Waals surface area contributed by atoms with E-state index in [1.165, 1.54) is 0 Å². The van der Waals surface area contributed by atoms with Gasteiger partial charge in [-0.05, 0) is 17.7 Å². The number of benzene rings is 1. The highest BCUT2D eigenvalue weighted by atomic mass is 35.5. The fourth-order valence-electron chi connectivity index (χ4n) is 1.08. The second-order valence-electron chi connectivity index (χ2n) is 2.72. The van der Waals surface area contributed by atoms with Gasteiger partial charge in [-0.2, -0.15) is 17.8 Å². The lowest BCUT2D eigenvalue weighted by Gasteiger charge is -2.05. The van der Waals surface area contributed by atoms with Crippen molar-refractivity contribution in [1.82, 2.24) is 20.6 Å². The Morgan fingerprint density at radius 3 is 2.57 bits per heavy atom. The van der Waals surface area contributed by atoms with Crippen LogP contribution in [-0.2, 0) is 0 Å². The number of rotatable bonds is 2. The maximum Gasteiger partial charge on any atom is 0.191 e. The molecule has 1 aromatic heterocycles. The van der Waals surface area contributed by atoms with Gasteiger partial charge < -0.3 is 0 Å². The van der Waals surface area contributed by atoms with Crippen LogP contribution < -0.4 is 0 Å². The summed E-state index contributed by atoms with van der Waals surface area (Å²) < 4.78 is 0. The first-order valence-corrected chi connectivity index (χ1v) is 4.83. The van der Waals surface area contributed by atoms with Crippen molar-refractivity contribution in [2.24, 2.45) is 0 Å². The van der Waals surface area contributed by atoms with Crippen LogP contribution >= 0.6 is 24.2 Å². The maximum atomic E-state index is 5.77. The van der Waals surface area contributed by atoms with E-state index in [9.17, 15) is 0 Å². The molecule has 2 aromatic rings. The van der Waals surface area contributed by atoms with E-state index in [4.69, 9.17) is 11.6 Å². The average molecular weight is 227 g/mol. The number of thiol groups is 1. The second-order valence-corrected chi connectivity index (χ2v) is 3.68. The van der Waals surface area contributed by atoms with Crippen LogP contribution in [0.25, 0.3) is 0 Å². The number of aromatic nitrogens is 4. The van der Waals surface area contributed by atoms with Gasteiger partial charge in [0.15, 0.2) is 5.82 Å². The Labute approximate surface area is 91.1 Å². The van der Waals surface area contributed by atoms with Crippen LogP contribution in [0.2, 0.25) is 5.02 Å². The van der Waals surface area contributed by atoms with Crippen LogP contribution in [-0.4, -0.2) is 20.6 Å². The van der Waals surface area contributed by atoms with E-state index >= 15 is 0 Å². The summed E-state index contributed by atoms with van der Waals surface area (Å²) in [6.45, 7) is 0. The van der Waals surface area contributed by atoms with Crippen LogP contribution in [0, 0.1) is 0 Å². The molecule has 0 aliphatic carbocycles.